The number of rotatable bonds is 3. The fourth-order valence-electron chi connectivity index (χ4n) is 0.866. The van der Waals surface area contributed by atoms with Crippen molar-refractivity contribution in [3.05, 3.63) is 0 Å². The second kappa shape index (κ2) is 8.16. The standard InChI is InChI=1S/3C2H5.Al.Ru/c3*1-2;;/h3*1H2,2H3;;. The van der Waals surface area contributed by atoms with E-state index in [1.807, 2.05) is 0 Å². The molecular weight excluding hydrogens is 200 g/mol. The molecule has 0 aromatic carbocycles. The Bertz CT molecular complexity index is 30.0. The molecule has 0 amide bonds. The summed E-state index contributed by atoms with van der Waals surface area (Å²) < 4.78 is 0. The molecule has 8 heavy (non-hydrogen) atoms. The minimum absolute atomic E-state index is 0. The Morgan fingerprint density at radius 2 is 1.12 bits per heavy atom. The van der Waals surface area contributed by atoms with Gasteiger partial charge in [0.1, 0.15) is 0 Å². The van der Waals surface area contributed by atoms with Gasteiger partial charge in [0.2, 0.25) is 0 Å². The van der Waals surface area contributed by atoms with Crippen LogP contribution in [0, 0.1) is 0 Å². The Balaban J connectivity index is 0. The molecule has 0 N–H and O–H groups in total. The van der Waals surface area contributed by atoms with E-state index in [4.69, 9.17) is 0 Å². The molecule has 0 rings (SSSR count). The average molecular weight is 215 g/mol. The second-order valence-corrected chi connectivity index (χ2v) is 6.27. The molecule has 50 valence electrons. The van der Waals surface area contributed by atoms with Gasteiger partial charge in [-0.2, -0.15) is 0 Å². The van der Waals surface area contributed by atoms with Crippen molar-refractivity contribution in [2.75, 3.05) is 0 Å². The van der Waals surface area contributed by atoms with E-state index in [0.717, 1.165) is 0 Å². The summed E-state index contributed by atoms with van der Waals surface area (Å²) in [6.45, 7) is 6.97. The topological polar surface area (TPSA) is 0 Å². The maximum Gasteiger partial charge on any atom is 0.261 e. The van der Waals surface area contributed by atoms with E-state index in [-0.39, 0.29) is 33.6 Å². The van der Waals surface area contributed by atoms with Crippen LogP contribution in [0.1, 0.15) is 20.8 Å². The molecule has 0 saturated heterocycles. The summed E-state index contributed by atoms with van der Waals surface area (Å²) in [5.41, 5.74) is 0. The Morgan fingerprint density at radius 1 is 0.875 bits per heavy atom. The van der Waals surface area contributed by atoms with Crippen molar-refractivity contribution >= 4 is 14.1 Å². The molecule has 0 aromatic rings. The molecule has 0 nitrogen and oxygen atoms in total. The van der Waals surface area contributed by atoms with Crippen molar-refractivity contribution in [2.45, 2.75) is 36.6 Å². The van der Waals surface area contributed by atoms with Crippen molar-refractivity contribution in [2.24, 2.45) is 0 Å². The van der Waals surface area contributed by atoms with Crippen LogP contribution in [0.3, 0.4) is 0 Å². The van der Waals surface area contributed by atoms with Crippen LogP contribution in [0.5, 0.6) is 0 Å². The average Bonchev–Trinajstić information content (AvgIpc) is 1.72. The van der Waals surface area contributed by atoms with Crippen LogP contribution in [0.2, 0.25) is 15.8 Å². The van der Waals surface area contributed by atoms with Crippen LogP contribution in [-0.4, -0.2) is 14.1 Å². The van der Waals surface area contributed by atoms with Crippen molar-refractivity contribution < 1.29 is 19.5 Å². The zero-order chi connectivity index (χ0) is 5.70. The summed E-state index contributed by atoms with van der Waals surface area (Å²) in [6, 6.07) is 0. The van der Waals surface area contributed by atoms with E-state index < -0.39 is 0 Å². The molecular formula is C6H15AlRu. The molecule has 0 aliphatic rings. The Kier molecular flexibility index (Phi) is 12.1. The van der Waals surface area contributed by atoms with E-state index in [1.54, 1.807) is 0 Å². The molecule has 0 aromatic heterocycles. The zero-order valence-corrected chi connectivity index (χ0v) is 8.95. The number of hydrogen-bond acceptors (Lipinski definition) is 0. The Labute approximate surface area is 70.2 Å². The van der Waals surface area contributed by atoms with Gasteiger partial charge < -0.3 is 0 Å². The monoisotopic (exact) mass is 216 g/mol. The van der Waals surface area contributed by atoms with E-state index in [1.165, 1.54) is 15.8 Å². The largest absolute Gasteiger partial charge is 0.261 e. The smallest absolute Gasteiger partial charge is 0.0967 e. The van der Waals surface area contributed by atoms with E-state index in [9.17, 15) is 0 Å². The molecule has 0 heterocycles. The molecule has 0 unspecified atom stereocenters. The maximum atomic E-state index is 2.32. The summed E-state index contributed by atoms with van der Waals surface area (Å²) in [6.07, 6.45) is 0. The van der Waals surface area contributed by atoms with Gasteiger partial charge in [-0.3, -0.25) is 0 Å². The fraction of sp³-hybridized carbons (Fsp3) is 1.00. The Morgan fingerprint density at radius 3 is 1.12 bits per heavy atom. The van der Waals surface area contributed by atoms with Gasteiger partial charge in [0.05, 0.1) is 0 Å². The van der Waals surface area contributed by atoms with E-state index in [2.05, 4.69) is 20.8 Å². The molecule has 2 heteroatoms. The molecule has 0 radical (unpaired) electrons. The second-order valence-electron chi connectivity index (χ2n) is 2.09. The first-order valence-corrected chi connectivity index (χ1v) is 5.80. The first-order chi connectivity index (χ1) is 3.35. The third-order valence-electron chi connectivity index (χ3n) is 1.73. The van der Waals surface area contributed by atoms with Crippen LogP contribution < -0.4 is 0 Å². The minimum Gasteiger partial charge on any atom is -0.0967 e. The first-order valence-electron chi connectivity index (χ1n) is 3.35. The van der Waals surface area contributed by atoms with Gasteiger partial charge >= 0.3 is 0 Å². The van der Waals surface area contributed by atoms with Crippen LogP contribution in [-0.2, 0) is 19.5 Å². The van der Waals surface area contributed by atoms with Crippen LogP contribution >= 0.6 is 0 Å². The fourth-order valence-corrected chi connectivity index (χ4v) is 2.60. The van der Waals surface area contributed by atoms with Crippen molar-refractivity contribution in [1.29, 1.82) is 0 Å². The van der Waals surface area contributed by atoms with Gasteiger partial charge in [-0.25, -0.2) is 0 Å². The molecule has 0 saturated carbocycles. The van der Waals surface area contributed by atoms with Crippen molar-refractivity contribution in [1.82, 2.24) is 0 Å². The summed E-state index contributed by atoms with van der Waals surface area (Å²) in [7, 11) is 0. The van der Waals surface area contributed by atoms with Crippen LogP contribution in [0.25, 0.3) is 0 Å². The summed E-state index contributed by atoms with van der Waals surface area (Å²) in [5, 5.41) is 4.48. The minimum atomic E-state index is -0.171. The van der Waals surface area contributed by atoms with Gasteiger partial charge in [-0.1, -0.05) is 36.6 Å². The van der Waals surface area contributed by atoms with Gasteiger partial charge in [0.15, 0.2) is 0 Å². The van der Waals surface area contributed by atoms with Gasteiger partial charge in [0, 0.05) is 19.5 Å². The summed E-state index contributed by atoms with van der Waals surface area (Å²) in [4.78, 5) is 0. The van der Waals surface area contributed by atoms with Gasteiger partial charge in [-0.05, 0) is 0 Å². The predicted octanol–water partition coefficient (Wildman–Crippen LogP) is 2.54. The number of hydrogen-bond donors (Lipinski definition) is 0. The first kappa shape index (κ1) is 11.9. The molecule has 0 aliphatic carbocycles. The maximum absolute atomic E-state index is 2.32. The SMILES string of the molecule is C[CH2][Al]([CH2]C)[CH2]C.[Ru]. The normalized spacial score (nSPS) is 7.88. The van der Waals surface area contributed by atoms with Crippen molar-refractivity contribution in [3.8, 4) is 0 Å². The summed E-state index contributed by atoms with van der Waals surface area (Å²) in [5.74, 6) is 0. The summed E-state index contributed by atoms with van der Waals surface area (Å²) >= 11 is -0.171. The van der Waals surface area contributed by atoms with Gasteiger partial charge in [-0.15, -0.1) is 0 Å². The third-order valence-corrected chi connectivity index (χ3v) is 5.20. The zero-order valence-electron chi connectivity index (χ0n) is 6.05. The van der Waals surface area contributed by atoms with E-state index >= 15 is 0 Å². The molecule has 0 bridgehead atoms. The third kappa shape index (κ3) is 5.30. The predicted molar refractivity (Wildman–Crippen MR) is 37.2 cm³/mol. The van der Waals surface area contributed by atoms with Gasteiger partial charge in [0.25, 0.3) is 14.1 Å². The van der Waals surface area contributed by atoms with Crippen LogP contribution in [0.4, 0.5) is 0 Å². The molecule has 0 spiro atoms. The van der Waals surface area contributed by atoms with E-state index in [0.29, 0.717) is 0 Å². The van der Waals surface area contributed by atoms with Crippen molar-refractivity contribution in [3.63, 3.8) is 0 Å². The quantitative estimate of drug-likeness (QED) is 0.635. The Hall–Kier alpha value is 1.16. The van der Waals surface area contributed by atoms with Crippen LogP contribution in [0.15, 0.2) is 0 Å². The molecule has 0 atom stereocenters. The molecule has 0 aliphatic heterocycles. The molecule has 0 fully saturated rings.